The minimum atomic E-state index is -0.251. The van der Waals surface area contributed by atoms with E-state index in [1.54, 1.807) is 12.1 Å². The largest absolute Gasteiger partial charge is 0.462 e. The second kappa shape index (κ2) is 8.29. The van der Waals surface area contributed by atoms with Gasteiger partial charge >= 0.3 is 5.97 Å². The van der Waals surface area contributed by atoms with Gasteiger partial charge in [0.25, 0.3) is 0 Å². The first-order valence-electron chi connectivity index (χ1n) is 6.25. The van der Waals surface area contributed by atoms with Crippen LogP contribution in [-0.2, 0) is 4.74 Å². The Labute approximate surface area is 109 Å². The maximum atomic E-state index is 11.6. The number of benzene rings is 1. The molecule has 0 radical (unpaired) electrons. The molecule has 0 aliphatic heterocycles. The highest BCUT2D eigenvalue weighted by Gasteiger charge is 2.04. The summed E-state index contributed by atoms with van der Waals surface area (Å²) in [7, 11) is 0. The number of unbranched alkanes of at least 4 members (excludes halogenated alkanes) is 1. The third-order valence-corrected chi connectivity index (χ3v) is 2.57. The molecule has 1 aromatic rings. The second-order valence-electron chi connectivity index (χ2n) is 4.17. The molecule has 1 atom stereocenters. The van der Waals surface area contributed by atoms with Crippen LogP contribution in [-0.4, -0.2) is 12.6 Å². The Morgan fingerprint density at radius 3 is 2.78 bits per heavy atom. The van der Waals surface area contributed by atoms with E-state index in [9.17, 15) is 4.79 Å². The van der Waals surface area contributed by atoms with Crippen LogP contribution in [0.3, 0.4) is 0 Å². The third kappa shape index (κ3) is 5.48. The van der Waals surface area contributed by atoms with E-state index in [1.165, 1.54) is 0 Å². The predicted molar refractivity (Wildman–Crippen MR) is 74.5 cm³/mol. The molecular formula is C16H20O2. The van der Waals surface area contributed by atoms with Crippen LogP contribution in [0.4, 0.5) is 0 Å². The number of hydrogen-bond donors (Lipinski definition) is 0. The summed E-state index contributed by atoms with van der Waals surface area (Å²) in [6, 6.07) is 9.05. The molecular weight excluding hydrogens is 224 g/mol. The number of hydrogen-bond acceptors (Lipinski definition) is 2. The van der Waals surface area contributed by atoms with Gasteiger partial charge in [0.05, 0.1) is 12.2 Å². The molecule has 2 nitrogen and oxygen atoms in total. The highest BCUT2D eigenvalue weighted by atomic mass is 16.5. The lowest BCUT2D eigenvalue weighted by atomic mass is 10.1. The van der Waals surface area contributed by atoms with Crippen molar-refractivity contribution < 1.29 is 9.53 Å². The van der Waals surface area contributed by atoms with Gasteiger partial charge in [-0.1, -0.05) is 43.4 Å². The summed E-state index contributed by atoms with van der Waals surface area (Å²) in [5.41, 5.74) is 0.605. The molecule has 18 heavy (non-hydrogen) atoms. The Morgan fingerprint density at radius 2 is 2.11 bits per heavy atom. The number of esters is 1. The highest BCUT2D eigenvalue weighted by Crippen LogP contribution is 2.03. The normalized spacial score (nSPS) is 12.3. The van der Waals surface area contributed by atoms with Crippen molar-refractivity contribution in [3.8, 4) is 0 Å². The molecule has 0 bridgehead atoms. The van der Waals surface area contributed by atoms with Crippen molar-refractivity contribution in [1.82, 2.24) is 0 Å². The van der Waals surface area contributed by atoms with E-state index >= 15 is 0 Å². The summed E-state index contributed by atoms with van der Waals surface area (Å²) in [5, 5.41) is 0. The topological polar surface area (TPSA) is 26.3 Å². The zero-order valence-electron chi connectivity index (χ0n) is 10.8. The van der Waals surface area contributed by atoms with Gasteiger partial charge in [-0.05, 0) is 30.9 Å². The average molecular weight is 244 g/mol. The van der Waals surface area contributed by atoms with Crippen LogP contribution in [0.1, 0.15) is 30.1 Å². The van der Waals surface area contributed by atoms with Crippen molar-refractivity contribution in [2.75, 3.05) is 6.61 Å². The second-order valence-corrected chi connectivity index (χ2v) is 4.17. The first kappa shape index (κ1) is 14.2. The number of allylic oxidation sites excluding steroid dienone is 3. The highest BCUT2D eigenvalue weighted by molar-refractivity contribution is 5.89. The van der Waals surface area contributed by atoms with E-state index in [-0.39, 0.29) is 5.97 Å². The first-order valence-corrected chi connectivity index (χ1v) is 6.25. The van der Waals surface area contributed by atoms with Gasteiger partial charge in [0.15, 0.2) is 0 Å². The van der Waals surface area contributed by atoms with Gasteiger partial charge in [0, 0.05) is 0 Å². The fraction of sp³-hybridized carbons (Fsp3) is 0.312. The lowest BCUT2D eigenvalue weighted by Crippen LogP contribution is -2.05. The predicted octanol–water partition coefficient (Wildman–Crippen LogP) is 4.00. The molecule has 0 saturated heterocycles. The molecule has 96 valence electrons. The molecule has 0 heterocycles. The Morgan fingerprint density at radius 1 is 1.39 bits per heavy atom. The van der Waals surface area contributed by atoms with Crippen molar-refractivity contribution in [2.24, 2.45) is 5.92 Å². The monoisotopic (exact) mass is 244 g/mol. The number of ether oxygens (including phenoxy) is 1. The van der Waals surface area contributed by atoms with Gasteiger partial charge in [-0.15, -0.1) is 6.58 Å². The summed E-state index contributed by atoms with van der Waals surface area (Å²) in [4.78, 5) is 11.6. The minimum Gasteiger partial charge on any atom is -0.462 e. The summed E-state index contributed by atoms with van der Waals surface area (Å²) in [5.74, 6) is 0.149. The molecule has 1 aromatic carbocycles. The van der Waals surface area contributed by atoms with Gasteiger partial charge in [-0.25, -0.2) is 4.79 Å². The summed E-state index contributed by atoms with van der Waals surface area (Å²) >= 11 is 0. The molecule has 0 aromatic heterocycles. The molecule has 0 fully saturated rings. The van der Waals surface area contributed by atoms with Crippen molar-refractivity contribution in [3.05, 3.63) is 60.7 Å². The van der Waals surface area contributed by atoms with Crippen LogP contribution in [0.25, 0.3) is 0 Å². The first-order chi connectivity index (χ1) is 8.74. The maximum absolute atomic E-state index is 11.6. The standard InChI is InChI=1S/C16H20O2/c1-3-14(2)10-6-5-9-13-18-16(17)15-11-7-4-8-12-15/h3-4,6-8,10-12,14H,1,5,9,13H2,2H3/b10-6+. The molecule has 0 aliphatic rings. The maximum Gasteiger partial charge on any atom is 0.338 e. The van der Waals surface area contributed by atoms with Gasteiger partial charge in [-0.3, -0.25) is 0 Å². The lowest BCUT2D eigenvalue weighted by Gasteiger charge is -2.03. The van der Waals surface area contributed by atoms with Crippen LogP contribution < -0.4 is 0 Å². The van der Waals surface area contributed by atoms with Crippen molar-refractivity contribution in [1.29, 1.82) is 0 Å². The number of carbonyl (C=O) groups is 1. The minimum absolute atomic E-state index is 0.251. The average Bonchev–Trinajstić information content (AvgIpc) is 2.43. The van der Waals surface area contributed by atoms with Crippen LogP contribution in [0.2, 0.25) is 0 Å². The van der Waals surface area contributed by atoms with Crippen LogP contribution in [0.5, 0.6) is 0 Å². The van der Waals surface area contributed by atoms with E-state index in [0.29, 0.717) is 18.1 Å². The van der Waals surface area contributed by atoms with Gasteiger partial charge in [0.1, 0.15) is 0 Å². The van der Waals surface area contributed by atoms with Crippen molar-refractivity contribution in [2.45, 2.75) is 19.8 Å². The summed E-state index contributed by atoms with van der Waals surface area (Å²) in [6.45, 7) is 6.25. The van der Waals surface area contributed by atoms with E-state index in [1.807, 2.05) is 24.3 Å². The molecule has 0 saturated carbocycles. The third-order valence-electron chi connectivity index (χ3n) is 2.57. The quantitative estimate of drug-likeness (QED) is 0.411. The fourth-order valence-corrected chi connectivity index (χ4v) is 1.41. The molecule has 1 rings (SSSR count). The van der Waals surface area contributed by atoms with Crippen molar-refractivity contribution >= 4 is 5.97 Å². The van der Waals surface area contributed by atoms with E-state index in [0.717, 1.165) is 12.8 Å². The van der Waals surface area contributed by atoms with Gasteiger partial charge in [-0.2, -0.15) is 0 Å². The SMILES string of the molecule is C=CC(C)/C=C/CCCOC(=O)c1ccccc1. The molecule has 0 N–H and O–H groups in total. The number of rotatable bonds is 7. The van der Waals surface area contributed by atoms with Crippen LogP contribution in [0, 0.1) is 5.92 Å². The number of carbonyl (C=O) groups excluding carboxylic acids is 1. The molecule has 0 spiro atoms. The zero-order valence-corrected chi connectivity index (χ0v) is 10.8. The van der Waals surface area contributed by atoms with E-state index in [2.05, 4.69) is 25.7 Å². The van der Waals surface area contributed by atoms with Crippen molar-refractivity contribution in [3.63, 3.8) is 0 Å². The smallest absolute Gasteiger partial charge is 0.338 e. The Bertz CT molecular complexity index is 393. The van der Waals surface area contributed by atoms with E-state index in [4.69, 9.17) is 4.74 Å². The zero-order chi connectivity index (χ0) is 13.2. The fourth-order valence-electron chi connectivity index (χ4n) is 1.41. The van der Waals surface area contributed by atoms with Crippen LogP contribution >= 0.6 is 0 Å². The van der Waals surface area contributed by atoms with E-state index < -0.39 is 0 Å². The Balaban J connectivity index is 2.17. The van der Waals surface area contributed by atoms with Gasteiger partial charge < -0.3 is 4.74 Å². The lowest BCUT2D eigenvalue weighted by molar-refractivity contribution is 0.0501. The molecule has 1 unspecified atom stereocenters. The summed E-state index contributed by atoms with van der Waals surface area (Å²) < 4.78 is 5.17. The van der Waals surface area contributed by atoms with Gasteiger partial charge in [0.2, 0.25) is 0 Å². The Kier molecular flexibility index (Phi) is 6.55. The summed E-state index contributed by atoms with van der Waals surface area (Å²) in [6.07, 6.45) is 7.86. The van der Waals surface area contributed by atoms with Crippen LogP contribution in [0.15, 0.2) is 55.1 Å². The Hall–Kier alpha value is -1.83. The molecule has 0 aliphatic carbocycles. The molecule has 2 heteroatoms. The molecule has 0 amide bonds.